The smallest absolute Gasteiger partial charge is 0.305 e. The van der Waals surface area contributed by atoms with Crippen LogP contribution in [0.15, 0.2) is 18.2 Å². The summed E-state index contributed by atoms with van der Waals surface area (Å²) >= 11 is 5.89. The number of nitrogen functional groups attached to an aromatic ring is 1. The Balaban J connectivity index is 2.46. The third-order valence-corrected chi connectivity index (χ3v) is 2.64. The van der Waals surface area contributed by atoms with Crippen LogP contribution in [-0.4, -0.2) is 25.5 Å². The first kappa shape index (κ1) is 14.3. The van der Waals surface area contributed by atoms with Gasteiger partial charge in [0.25, 0.3) is 5.91 Å². The second kappa shape index (κ2) is 6.86. The topological polar surface area (TPSA) is 81.4 Å². The van der Waals surface area contributed by atoms with Crippen molar-refractivity contribution in [1.29, 1.82) is 0 Å². The summed E-state index contributed by atoms with van der Waals surface area (Å²) in [5.74, 6) is -0.608. The van der Waals surface area contributed by atoms with Gasteiger partial charge in [0.2, 0.25) is 0 Å². The van der Waals surface area contributed by atoms with Crippen LogP contribution >= 0.6 is 11.6 Å². The summed E-state index contributed by atoms with van der Waals surface area (Å²) in [4.78, 5) is 22.6. The Labute approximate surface area is 110 Å². The summed E-state index contributed by atoms with van der Waals surface area (Å²) in [6.45, 7) is 0.374. The van der Waals surface area contributed by atoms with Crippen LogP contribution in [-0.2, 0) is 9.53 Å². The summed E-state index contributed by atoms with van der Waals surface area (Å²) in [7, 11) is 1.33. The number of methoxy groups -OCH3 is 1. The van der Waals surface area contributed by atoms with E-state index in [2.05, 4.69) is 10.1 Å². The summed E-state index contributed by atoms with van der Waals surface area (Å²) in [5, 5.41) is 3.00. The van der Waals surface area contributed by atoms with Crippen molar-refractivity contribution in [3.05, 3.63) is 28.8 Å². The SMILES string of the molecule is COC(=O)CCCNC(=O)c1cc(N)ccc1Cl. The monoisotopic (exact) mass is 270 g/mol. The van der Waals surface area contributed by atoms with Crippen molar-refractivity contribution in [2.45, 2.75) is 12.8 Å². The zero-order chi connectivity index (χ0) is 13.5. The van der Waals surface area contributed by atoms with E-state index < -0.39 is 0 Å². The molecule has 6 heteroatoms. The number of benzene rings is 1. The Kier molecular flexibility index (Phi) is 5.45. The number of anilines is 1. The maximum absolute atomic E-state index is 11.8. The number of hydrogen-bond donors (Lipinski definition) is 2. The third-order valence-electron chi connectivity index (χ3n) is 2.31. The number of ether oxygens (including phenoxy) is 1. The van der Waals surface area contributed by atoms with E-state index in [0.29, 0.717) is 29.2 Å². The number of carbonyl (C=O) groups is 2. The van der Waals surface area contributed by atoms with Crippen molar-refractivity contribution in [3.63, 3.8) is 0 Å². The molecule has 0 unspecified atom stereocenters. The Morgan fingerprint density at radius 1 is 1.44 bits per heavy atom. The fraction of sp³-hybridized carbons (Fsp3) is 0.333. The standard InChI is InChI=1S/C12H15ClN2O3/c1-18-11(16)3-2-6-15-12(17)9-7-8(14)4-5-10(9)13/h4-5,7H,2-3,6,14H2,1H3,(H,15,17). The van der Waals surface area contributed by atoms with Gasteiger partial charge in [0.1, 0.15) is 0 Å². The lowest BCUT2D eigenvalue weighted by Gasteiger charge is -2.07. The van der Waals surface area contributed by atoms with Crippen molar-refractivity contribution in [3.8, 4) is 0 Å². The highest BCUT2D eigenvalue weighted by molar-refractivity contribution is 6.34. The Hall–Kier alpha value is -1.75. The van der Waals surface area contributed by atoms with Crippen LogP contribution in [0.5, 0.6) is 0 Å². The van der Waals surface area contributed by atoms with Crippen LogP contribution in [0, 0.1) is 0 Å². The van der Waals surface area contributed by atoms with Gasteiger partial charge in [-0.1, -0.05) is 11.6 Å². The molecule has 1 rings (SSSR count). The van der Waals surface area contributed by atoms with E-state index in [1.807, 2.05) is 0 Å². The molecule has 0 saturated carbocycles. The lowest BCUT2D eigenvalue weighted by molar-refractivity contribution is -0.140. The number of hydrogen-bond acceptors (Lipinski definition) is 4. The minimum atomic E-state index is -0.308. The summed E-state index contributed by atoms with van der Waals surface area (Å²) in [5.41, 5.74) is 6.38. The van der Waals surface area contributed by atoms with Gasteiger partial charge in [-0.15, -0.1) is 0 Å². The molecule has 98 valence electrons. The van der Waals surface area contributed by atoms with Gasteiger partial charge in [0.05, 0.1) is 17.7 Å². The highest BCUT2D eigenvalue weighted by atomic mass is 35.5. The molecule has 18 heavy (non-hydrogen) atoms. The summed E-state index contributed by atoms with van der Waals surface area (Å²) in [6.07, 6.45) is 0.778. The van der Waals surface area contributed by atoms with E-state index in [1.54, 1.807) is 12.1 Å². The fourth-order valence-corrected chi connectivity index (χ4v) is 1.55. The van der Waals surface area contributed by atoms with E-state index in [9.17, 15) is 9.59 Å². The van der Waals surface area contributed by atoms with Crippen LogP contribution in [0.3, 0.4) is 0 Å². The molecule has 0 heterocycles. The quantitative estimate of drug-likeness (QED) is 0.484. The normalized spacial score (nSPS) is 9.89. The molecule has 0 atom stereocenters. The van der Waals surface area contributed by atoms with Gasteiger partial charge in [-0.25, -0.2) is 0 Å². The Morgan fingerprint density at radius 3 is 2.83 bits per heavy atom. The van der Waals surface area contributed by atoms with Gasteiger partial charge in [-0.2, -0.15) is 0 Å². The Morgan fingerprint density at radius 2 is 2.17 bits per heavy atom. The maximum Gasteiger partial charge on any atom is 0.305 e. The van der Waals surface area contributed by atoms with E-state index in [0.717, 1.165) is 0 Å². The molecule has 0 aromatic heterocycles. The lowest BCUT2D eigenvalue weighted by atomic mass is 10.2. The van der Waals surface area contributed by atoms with Crippen molar-refractivity contribution < 1.29 is 14.3 Å². The molecule has 0 aliphatic rings. The molecule has 0 aliphatic heterocycles. The Bertz CT molecular complexity index is 449. The number of halogens is 1. The second-order valence-corrected chi connectivity index (χ2v) is 4.08. The number of carbonyl (C=O) groups excluding carboxylic acids is 2. The summed E-state index contributed by atoms with van der Waals surface area (Å²) in [6, 6.07) is 4.70. The van der Waals surface area contributed by atoms with Gasteiger partial charge in [0, 0.05) is 18.7 Å². The number of nitrogens with two attached hydrogens (primary N) is 1. The fourth-order valence-electron chi connectivity index (χ4n) is 1.35. The number of esters is 1. The molecule has 3 N–H and O–H groups in total. The van der Waals surface area contributed by atoms with Crippen LogP contribution < -0.4 is 11.1 Å². The van der Waals surface area contributed by atoms with Gasteiger partial charge in [-0.05, 0) is 24.6 Å². The summed E-state index contributed by atoms with van der Waals surface area (Å²) < 4.78 is 4.49. The zero-order valence-electron chi connectivity index (χ0n) is 10.0. The first-order valence-electron chi connectivity index (χ1n) is 5.44. The molecule has 1 aromatic rings. The first-order chi connectivity index (χ1) is 8.54. The maximum atomic E-state index is 11.8. The van der Waals surface area contributed by atoms with Crippen LogP contribution in [0.2, 0.25) is 5.02 Å². The second-order valence-electron chi connectivity index (χ2n) is 3.67. The van der Waals surface area contributed by atoms with Crippen LogP contribution in [0.25, 0.3) is 0 Å². The van der Waals surface area contributed by atoms with Crippen molar-refractivity contribution >= 4 is 29.2 Å². The van der Waals surface area contributed by atoms with Crippen LogP contribution in [0.1, 0.15) is 23.2 Å². The molecular formula is C12H15ClN2O3. The molecule has 0 fully saturated rings. The van der Waals surface area contributed by atoms with E-state index >= 15 is 0 Å². The molecule has 0 spiro atoms. The van der Waals surface area contributed by atoms with Gasteiger partial charge in [-0.3, -0.25) is 9.59 Å². The van der Waals surface area contributed by atoms with Gasteiger partial charge >= 0.3 is 5.97 Å². The van der Waals surface area contributed by atoms with Crippen molar-refractivity contribution in [1.82, 2.24) is 5.32 Å². The van der Waals surface area contributed by atoms with E-state index in [1.165, 1.54) is 13.2 Å². The highest BCUT2D eigenvalue weighted by Gasteiger charge is 2.10. The highest BCUT2D eigenvalue weighted by Crippen LogP contribution is 2.18. The molecule has 0 aliphatic carbocycles. The average Bonchev–Trinajstić information content (AvgIpc) is 2.36. The zero-order valence-corrected chi connectivity index (χ0v) is 10.8. The van der Waals surface area contributed by atoms with E-state index in [-0.39, 0.29) is 18.3 Å². The molecule has 1 amide bonds. The van der Waals surface area contributed by atoms with E-state index in [4.69, 9.17) is 17.3 Å². The lowest BCUT2D eigenvalue weighted by Crippen LogP contribution is -2.25. The average molecular weight is 271 g/mol. The first-order valence-corrected chi connectivity index (χ1v) is 5.82. The van der Waals surface area contributed by atoms with Gasteiger partial charge in [0.15, 0.2) is 0 Å². The minimum absolute atomic E-state index is 0.265. The molecule has 5 nitrogen and oxygen atoms in total. The third kappa shape index (κ3) is 4.25. The van der Waals surface area contributed by atoms with Crippen LogP contribution in [0.4, 0.5) is 5.69 Å². The van der Waals surface area contributed by atoms with Crippen molar-refractivity contribution in [2.24, 2.45) is 0 Å². The minimum Gasteiger partial charge on any atom is -0.469 e. The number of amides is 1. The predicted octanol–water partition coefficient (Wildman–Crippen LogP) is 1.61. The largest absolute Gasteiger partial charge is 0.469 e. The molecule has 1 aromatic carbocycles. The van der Waals surface area contributed by atoms with Crippen molar-refractivity contribution in [2.75, 3.05) is 19.4 Å². The number of rotatable bonds is 5. The number of nitrogens with one attached hydrogen (secondary N) is 1. The van der Waals surface area contributed by atoms with Gasteiger partial charge < -0.3 is 15.8 Å². The molecule has 0 radical (unpaired) electrons. The predicted molar refractivity (Wildman–Crippen MR) is 69.4 cm³/mol. The molecule has 0 saturated heterocycles. The molecule has 0 bridgehead atoms. The molecular weight excluding hydrogens is 256 g/mol.